The summed E-state index contributed by atoms with van der Waals surface area (Å²) in [5, 5.41) is 9.11. The Labute approximate surface area is 92.2 Å². The van der Waals surface area contributed by atoms with Crippen molar-refractivity contribution in [3.63, 3.8) is 0 Å². The Balaban J connectivity index is 4.23. The third kappa shape index (κ3) is 5.14. The molecule has 0 aliphatic carbocycles. The first-order valence-electron chi connectivity index (χ1n) is 5.11. The average Bonchev–Trinajstić information content (AvgIpc) is 2.11. The summed E-state index contributed by atoms with van der Waals surface area (Å²) in [5.74, 6) is -0.121. The van der Waals surface area contributed by atoms with Gasteiger partial charge in [-0.2, -0.15) is 0 Å². The molecule has 0 fully saturated rings. The van der Waals surface area contributed by atoms with Gasteiger partial charge in [-0.15, -0.1) is 0 Å². The van der Waals surface area contributed by atoms with Crippen LogP contribution in [0.2, 0.25) is 0 Å². The maximum Gasteiger partial charge on any atom is 0.248 e. The van der Waals surface area contributed by atoms with Crippen molar-refractivity contribution in [2.75, 3.05) is 20.3 Å². The zero-order valence-corrected chi connectivity index (χ0v) is 10.6. The van der Waals surface area contributed by atoms with E-state index in [0.29, 0.717) is 0 Å². The number of carbonyl (C=O) groups excluding carboxylic acids is 1. The molecule has 15 heavy (non-hydrogen) atoms. The second kappa shape index (κ2) is 4.94. The van der Waals surface area contributed by atoms with Crippen LogP contribution in [0.5, 0.6) is 0 Å². The summed E-state index contributed by atoms with van der Waals surface area (Å²) in [7, 11) is 1.67. The van der Waals surface area contributed by atoms with Crippen LogP contribution < -0.4 is 0 Å². The number of aliphatic hydroxyl groups is 1. The minimum Gasteiger partial charge on any atom is -0.394 e. The van der Waals surface area contributed by atoms with Crippen molar-refractivity contribution in [3.8, 4) is 0 Å². The highest BCUT2D eigenvalue weighted by Gasteiger charge is 2.27. The molecule has 0 rings (SSSR count). The van der Waals surface area contributed by atoms with Crippen molar-refractivity contribution in [3.05, 3.63) is 0 Å². The van der Waals surface area contributed by atoms with Gasteiger partial charge in [0.2, 0.25) is 5.91 Å². The monoisotopic (exact) mass is 217 g/mol. The number of aliphatic hydroxyl groups excluding tert-OH is 1. The van der Waals surface area contributed by atoms with Gasteiger partial charge in [-0.1, -0.05) is 0 Å². The minimum atomic E-state index is -0.543. The van der Waals surface area contributed by atoms with Gasteiger partial charge in [0, 0.05) is 7.05 Å². The standard InChI is InChI=1S/C11H23NO3/c1-10(2,3)15-7-9(14)12(6)11(4,5)8-13/h13H,7-8H2,1-6H3. The second-order valence-corrected chi connectivity index (χ2v) is 5.32. The third-order valence-electron chi connectivity index (χ3n) is 2.30. The fourth-order valence-electron chi connectivity index (χ4n) is 0.819. The van der Waals surface area contributed by atoms with Crippen LogP contribution in [-0.2, 0) is 9.53 Å². The molecule has 0 aliphatic heterocycles. The summed E-state index contributed by atoms with van der Waals surface area (Å²) < 4.78 is 5.38. The molecule has 4 heteroatoms. The second-order valence-electron chi connectivity index (χ2n) is 5.32. The van der Waals surface area contributed by atoms with Gasteiger partial charge in [0.05, 0.1) is 17.7 Å². The molecule has 0 aromatic heterocycles. The first kappa shape index (κ1) is 14.4. The number of rotatable bonds is 4. The van der Waals surface area contributed by atoms with Gasteiger partial charge in [0.15, 0.2) is 0 Å². The van der Waals surface area contributed by atoms with E-state index < -0.39 is 5.54 Å². The molecule has 0 unspecified atom stereocenters. The molecule has 90 valence electrons. The highest BCUT2D eigenvalue weighted by Crippen LogP contribution is 2.13. The molecule has 1 amide bonds. The van der Waals surface area contributed by atoms with Crippen molar-refractivity contribution in [1.82, 2.24) is 4.90 Å². The first-order chi connectivity index (χ1) is 6.60. The van der Waals surface area contributed by atoms with Gasteiger partial charge in [0.25, 0.3) is 0 Å². The lowest BCUT2D eigenvalue weighted by Gasteiger charge is -2.34. The molecule has 0 radical (unpaired) electrons. The van der Waals surface area contributed by atoms with Crippen LogP contribution in [0.3, 0.4) is 0 Å². The van der Waals surface area contributed by atoms with Gasteiger partial charge < -0.3 is 14.7 Å². The number of hydrogen-bond donors (Lipinski definition) is 1. The van der Waals surface area contributed by atoms with Gasteiger partial charge in [-0.3, -0.25) is 4.79 Å². The molecule has 0 aliphatic rings. The predicted octanol–water partition coefficient (Wildman–Crippen LogP) is 1.03. The van der Waals surface area contributed by atoms with E-state index in [0.717, 1.165) is 0 Å². The molecule has 0 saturated heterocycles. The molecule has 0 aromatic carbocycles. The van der Waals surface area contributed by atoms with Crippen molar-refractivity contribution in [2.45, 2.75) is 45.8 Å². The Morgan fingerprint density at radius 1 is 1.27 bits per heavy atom. The number of amides is 1. The van der Waals surface area contributed by atoms with Crippen LogP contribution >= 0.6 is 0 Å². The van der Waals surface area contributed by atoms with E-state index in [1.807, 2.05) is 34.6 Å². The molecular weight excluding hydrogens is 194 g/mol. The lowest BCUT2D eigenvalue weighted by Crippen LogP contribution is -2.49. The zero-order valence-electron chi connectivity index (χ0n) is 10.6. The quantitative estimate of drug-likeness (QED) is 0.765. The summed E-state index contributed by atoms with van der Waals surface area (Å²) in [6, 6.07) is 0. The molecule has 0 saturated carbocycles. The van der Waals surface area contributed by atoms with Crippen molar-refractivity contribution in [2.24, 2.45) is 0 Å². The highest BCUT2D eigenvalue weighted by molar-refractivity contribution is 5.78. The maximum atomic E-state index is 11.7. The van der Waals surface area contributed by atoms with Crippen LogP contribution in [-0.4, -0.2) is 47.3 Å². The van der Waals surface area contributed by atoms with Crippen LogP contribution in [0.25, 0.3) is 0 Å². The normalized spacial score (nSPS) is 12.7. The van der Waals surface area contributed by atoms with E-state index in [1.165, 1.54) is 4.90 Å². The summed E-state index contributed by atoms with van der Waals surface area (Å²) in [4.78, 5) is 13.2. The van der Waals surface area contributed by atoms with Gasteiger partial charge >= 0.3 is 0 Å². The van der Waals surface area contributed by atoms with Crippen LogP contribution in [0, 0.1) is 0 Å². The molecule has 4 nitrogen and oxygen atoms in total. The Morgan fingerprint density at radius 2 is 1.73 bits per heavy atom. The van der Waals surface area contributed by atoms with Gasteiger partial charge in [0.1, 0.15) is 6.61 Å². The third-order valence-corrected chi connectivity index (χ3v) is 2.30. The Kier molecular flexibility index (Phi) is 4.74. The summed E-state index contributed by atoms with van der Waals surface area (Å²) in [6.45, 7) is 9.30. The Bertz CT molecular complexity index is 218. The SMILES string of the molecule is CN(C(=O)COC(C)(C)C)C(C)(C)CO. The minimum absolute atomic E-state index is 0.0451. The fraction of sp³-hybridized carbons (Fsp3) is 0.909. The largest absolute Gasteiger partial charge is 0.394 e. The summed E-state index contributed by atoms with van der Waals surface area (Å²) >= 11 is 0. The van der Waals surface area contributed by atoms with E-state index in [4.69, 9.17) is 9.84 Å². The van der Waals surface area contributed by atoms with Gasteiger partial charge in [-0.25, -0.2) is 0 Å². The van der Waals surface area contributed by atoms with E-state index >= 15 is 0 Å². The molecule has 0 aromatic rings. The lowest BCUT2D eigenvalue weighted by molar-refractivity contribution is -0.145. The van der Waals surface area contributed by atoms with Crippen LogP contribution in [0.4, 0.5) is 0 Å². The number of likely N-dealkylation sites (N-methyl/N-ethyl adjacent to an activating group) is 1. The predicted molar refractivity (Wildman–Crippen MR) is 59.6 cm³/mol. The Morgan fingerprint density at radius 3 is 2.07 bits per heavy atom. The molecule has 0 spiro atoms. The van der Waals surface area contributed by atoms with E-state index in [-0.39, 0.29) is 24.7 Å². The highest BCUT2D eigenvalue weighted by atomic mass is 16.5. The molecule has 0 atom stereocenters. The average molecular weight is 217 g/mol. The fourth-order valence-corrected chi connectivity index (χ4v) is 0.819. The molecule has 1 N–H and O–H groups in total. The maximum absolute atomic E-state index is 11.7. The molecule has 0 bridgehead atoms. The number of hydrogen-bond acceptors (Lipinski definition) is 3. The van der Waals surface area contributed by atoms with Crippen LogP contribution in [0.15, 0.2) is 0 Å². The van der Waals surface area contributed by atoms with Crippen molar-refractivity contribution < 1.29 is 14.6 Å². The summed E-state index contributed by atoms with van der Waals surface area (Å²) in [6.07, 6.45) is 0. The number of nitrogens with zero attached hydrogens (tertiary/aromatic N) is 1. The van der Waals surface area contributed by atoms with Gasteiger partial charge in [-0.05, 0) is 34.6 Å². The van der Waals surface area contributed by atoms with Crippen LogP contribution in [0.1, 0.15) is 34.6 Å². The molecule has 0 heterocycles. The zero-order chi connectivity index (χ0) is 12.3. The summed E-state index contributed by atoms with van der Waals surface area (Å²) in [5.41, 5.74) is -0.863. The number of ether oxygens (including phenoxy) is 1. The lowest BCUT2D eigenvalue weighted by atomic mass is 10.1. The molecular formula is C11H23NO3. The first-order valence-corrected chi connectivity index (χ1v) is 5.11. The van der Waals surface area contributed by atoms with Crippen molar-refractivity contribution in [1.29, 1.82) is 0 Å². The Hall–Kier alpha value is -0.610. The van der Waals surface area contributed by atoms with Crippen molar-refractivity contribution >= 4 is 5.91 Å². The van der Waals surface area contributed by atoms with E-state index in [1.54, 1.807) is 7.05 Å². The topological polar surface area (TPSA) is 49.8 Å². The smallest absolute Gasteiger partial charge is 0.248 e. The number of carbonyl (C=O) groups is 1. The van der Waals surface area contributed by atoms with E-state index in [9.17, 15) is 4.79 Å². The van der Waals surface area contributed by atoms with E-state index in [2.05, 4.69) is 0 Å².